The number of amides is 3. The first-order valence-electron chi connectivity index (χ1n) is 30.1. The van der Waals surface area contributed by atoms with Crippen LogP contribution in [0.15, 0.2) is 109 Å². The Morgan fingerprint density at radius 2 is 0.978 bits per heavy atom. The average Bonchev–Trinajstić information content (AvgIpc) is 1.63. The Hall–Kier alpha value is -6.47. The Kier molecular flexibility index (Phi) is 41.6. The maximum absolute atomic E-state index is 12.3. The van der Waals surface area contributed by atoms with Gasteiger partial charge < -0.3 is 46.1 Å². The predicted octanol–water partition coefficient (Wildman–Crippen LogP) is 11.0. The summed E-state index contributed by atoms with van der Waals surface area (Å²) in [5.74, 6) is 0.156. The minimum atomic E-state index is -0.684. The van der Waals surface area contributed by atoms with Gasteiger partial charge >= 0.3 is 60.0 Å². The van der Waals surface area contributed by atoms with E-state index in [9.17, 15) is 33.6 Å². The number of hydrogen-bond donors (Lipinski definition) is 2. The van der Waals surface area contributed by atoms with E-state index in [0.717, 1.165) is 25.9 Å². The van der Waals surface area contributed by atoms with E-state index < -0.39 is 23.2 Å². The van der Waals surface area contributed by atoms with E-state index in [1.54, 1.807) is 32.6 Å². The van der Waals surface area contributed by atoms with Crippen LogP contribution in [0.25, 0.3) is 11.1 Å². The summed E-state index contributed by atoms with van der Waals surface area (Å²) in [6.07, 6.45) is 1.33. The van der Waals surface area contributed by atoms with Gasteiger partial charge in [-0.3, -0.25) is 19.2 Å². The largest absolute Gasteiger partial charge is 1.00 e. The average molecular weight is 1290 g/mol. The third-order valence-electron chi connectivity index (χ3n) is 14.8. The van der Waals surface area contributed by atoms with Crippen molar-refractivity contribution in [3.05, 3.63) is 131 Å². The second-order valence-corrected chi connectivity index (χ2v) is 25.6. The van der Waals surface area contributed by atoms with Crippen LogP contribution in [0.3, 0.4) is 0 Å². The topological polar surface area (TPSA) is 238 Å². The Labute approximate surface area is 576 Å². The van der Waals surface area contributed by atoms with Crippen LogP contribution in [0.1, 0.15) is 194 Å². The molecule has 92 heavy (non-hydrogen) atoms. The van der Waals surface area contributed by atoms with Crippen LogP contribution in [-0.2, 0) is 47.7 Å². The second-order valence-electron chi connectivity index (χ2n) is 25.6. The molecule has 8 rings (SSSR count). The molecule has 3 N–H and O–H groups in total. The number of rotatable bonds is 8. The molecule has 4 aromatic carbocycles. The minimum absolute atomic E-state index is 0. The Morgan fingerprint density at radius 3 is 1.36 bits per heavy atom. The first-order valence-corrected chi connectivity index (χ1v) is 30.1. The van der Waals surface area contributed by atoms with E-state index >= 15 is 0 Å². The number of ether oxygens (including phenoxy) is 4. The fraction of sp³-hybridized carbons (Fsp3) is 0.556. The summed E-state index contributed by atoms with van der Waals surface area (Å²) >= 11 is 0. The molecular weight excluding hydrogens is 1180 g/mol. The van der Waals surface area contributed by atoms with Gasteiger partial charge in [0.2, 0.25) is 0 Å². The van der Waals surface area contributed by atoms with Crippen molar-refractivity contribution in [2.45, 2.75) is 193 Å². The van der Waals surface area contributed by atoms with Crippen LogP contribution in [-0.4, -0.2) is 140 Å². The maximum atomic E-state index is 12.3. The second kappa shape index (κ2) is 42.7. The van der Waals surface area contributed by atoms with Crippen molar-refractivity contribution in [2.75, 3.05) is 45.9 Å². The van der Waals surface area contributed by atoms with Crippen molar-refractivity contribution in [1.29, 1.82) is 0 Å². The molecule has 20 heteroatoms. The first-order chi connectivity index (χ1) is 40.7. The van der Waals surface area contributed by atoms with Gasteiger partial charge in [-0.25, -0.2) is 14.4 Å². The molecule has 3 fully saturated rings. The van der Waals surface area contributed by atoms with Gasteiger partial charge in [0.1, 0.15) is 40.8 Å². The van der Waals surface area contributed by atoms with E-state index in [4.69, 9.17) is 34.3 Å². The fourth-order valence-electron chi connectivity index (χ4n) is 10.0. The molecule has 1 unspecified atom stereocenters. The number of nitrogens with zero attached hydrogens (tertiary/aromatic N) is 3. The summed E-state index contributed by atoms with van der Waals surface area (Å²) in [6.45, 7) is 33.1. The molecule has 4 aromatic rings. The van der Waals surface area contributed by atoms with Gasteiger partial charge in [0.25, 0.3) is 0 Å². The third-order valence-corrected chi connectivity index (χ3v) is 14.8. The summed E-state index contributed by atoms with van der Waals surface area (Å²) < 4.78 is 21.2. The van der Waals surface area contributed by atoms with Gasteiger partial charge in [0, 0.05) is 85.1 Å². The normalized spacial score (nSPS) is 18.4. The van der Waals surface area contributed by atoms with Crippen LogP contribution >= 0.6 is 0 Å². The van der Waals surface area contributed by atoms with E-state index in [1.807, 2.05) is 126 Å². The van der Waals surface area contributed by atoms with Gasteiger partial charge in [0.15, 0.2) is 0 Å². The Bertz CT molecular complexity index is 2870. The summed E-state index contributed by atoms with van der Waals surface area (Å²) in [7, 11) is 0. The molecule has 18 nitrogen and oxygen atoms in total. The van der Waals surface area contributed by atoms with Crippen LogP contribution in [0.4, 0.5) is 14.4 Å². The quantitative estimate of drug-likeness (QED) is 0.0722. The molecule has 4 aliphatic rings. The van der Waals surface area contributed by atoms with E-state index in [0.29, 0.717) is 38.1 Å². The number of hydrogen-bond acceptors (Lipinski definition) is 15. The first kappa shape index (κ1) is 89.7. The molecule has 3 radical (unpaired) electrons. The minimum Gasteiger partial charge on any atom is -1.00 e. The van der Waals surface area contributed by atoms with Crippen molar-refractivity contribution in [2.24, 2.45) is 29.4 Å². The number of likely N-dealkylation sites (tertiary alicyclic amines) is 3. The summed E-state index contributed by atoms with van der Waals surface area (Å²) in [5, 5.41) is 3.57. The number of benzene rings is 4. The zero-order chi connectivity index (χ0) is 65.4. The van der Waals surface area contributed by atoms with Crippen molar-refractivity contribution in [1.82, 2.24) is 20.0 Å². The molecule has 3 heterocycles. The zero-order valence-electron chi connectivity index (χ0n) is 56.9. The monoisotopic (exact) mass is 1290 g/mol. The number of Topliss-reactive ketones (excluding diaryl/α,β-unsaturated/α-hetero) is 3. The van der Waals surface area contributed by atoms with Crippen molar-refractivity contribution in [3.8, 4) is 11.1 Å². The van der Waals surface area contributed by atoms with Gasteiger partial charge in [-0.1, -0.05) is 145 Å². The predicted molar refractivity (Wildman–Crippen MR) is 362 cm³/mol. The number of nitrogens with one attached hydrogen (secondary N) is 1. The van der Waals surface area contributed by atoms with Crippen LogP contribution < -0.4 is 40.6 Å². The molecular formula is C72H110BN5NaO13. The van der Waals surface area contributed by atoms with E-state index in [2.05, 4.69) is 62.5 Å². The molecule has 3 saturated heterocycles. The molecule has 0 saturated carbocycles. The van der Waals surface area contributed by atoms with E-state index in [1.165, 1.54) is 52.1 Å². The molecule has 3 aliphatic heterocycles. The van der Waals surface area contributed by atoms with Gasteiger partial charge in [-0.2, -0.15) is 9.59 Å². The molecule has 7 atom stereocenters. The van der Waals surface area contributed by atoms with Crippen molar-refractivity contribution >= 4 is 56.2 Å². The van der Waals surface area contributed by atoms with Gasteiger partial charge in [-0.05, 0) is 148 Å². The number of piperidine rings is 3. The van der Waals surface area contributed by atoms with Crippen LogP contribution in [0.2, 0.25) is 0 Å². The molecule has 0 aromatic heterocycles. The molecule has 0 bridgehead atoms. The van der Waals surface area contributed by atoms with Crippen molar-refractivity contribution in [3.63, 3.8) is 0 Å². The number of esters is 1. The molecule has 505 valence electrons. The van der Waals surface area contributed by atoms with Crippen molar-refractivity contribution < 1.29 is 93.1 Å². The van der Waals surface area contributed by atoms with Gasteiger partial charge in [0.05, 0.1) is 11.8 Å². The standard InChI is InChI=1S/C20H30N2O3.C16H14O2.C12H19NO4.C12H23NO2.C8H11N.CO2.3CH4.B.Na.H/c1-14(16-9-7-6-8-10-16)21-18-11-12-22(13-17(18)15(2)23)19(24)25-20(3,4)5;1-11(17)18-10-16-14-8-4-2-6-12(14)13-7-3-5-9-15(13)16;1-8(14)9-7-13(6-5-10(9)15)11(16)17-12(2,3)4;1-9-6-7-13(8-10(9)2)11(14)15-12(3,4)5;1-7(9)8-5-3-2-4-6-8;2-1-3;;;;;;/h6-10,14,17-18,21H,11-13H2,1-5H3;2-9,16H,10H2,1H3;9H,5-7H2,1-4H3;9-10H,6-8H2,1-5H3;2-7H,9H2,1H3;;3*1H4;;;/q;;;;;;;;;;+1;-1/t14-,17-,18-;;;9-,10+;7-;;;;;;;/m0..00......./s1. The van der Waals surface area contributed by atoms with Crippen LogP contribution in [0, 0.1) is 23.7 Å². The Morgan fingerprint density at radius 1 is 0.587 bits per heavy atom. The maximum Gasteiger partial charge on any atom is 1.00 e. The van der Waals surface area contributed by atoms with E-state index in [-0.39, 0.29) is 152 Å². The smallest absolute Gasteiger partial charge is 1.00 e. The van der Waals surface area contributed by atoms with Crippen LogP contribution in [0.5, 0.6) is 0 Å². The molecule has 3 amide bonds. The molecule has 1 aliphatic carbocycles. The van der Waals surface area contributed by atoms with Gasteiger partial charge in [-0.15, -0.1) is 0 Å². The number of carbonyl (C=O) groups is 7. The summed E-state index contributed by atoms with van der Waals surface area (Å²) in [4.78, 5) is 103. The number of fused-ring (bicyclic) bond motifs is 3. The zero-order valence-corrected chi connectivity index (χ0v) is 57.9. The molecule has 0 spiro atoms. The number of nitrogens with two attached hydrogens (primary N) is 1. The SMILES string of the molecule is C.C.C.CC(=O)C1CN(C(=O)OC(C)(C)C)CCC1=O.CC(=O)OCC1c2ccccc2-c2ccccc21.CC(=O)[C@@H]1CN(C(=O)OC(C)(C)C)CC[C@@H]1N[C@@H](C)c1ccccc1.C[C@@H]1CN(C(=O)OC(C)(C)C)CC[C@@H]1C.C[C@H](N)c1ccccc1.O=C=O.[B].[H-].[Na+]. The summed E-state index contributed by atoms with van der Waals surface area (Å²) in [6, 6.07) is 37.3. The third kappa shape index (κ3) is 31.4. The Balaban J connectivity index is -0.000000531. The number of ketones is 3. The fourth-order valence-corrected chi connectivity index (χ4v) is 10.0. The summed E-state index contributed by atoms with van der Waals surface area (Å²) in [5.41, 5.74) is 11.5. The number of carbonyl (C=O) groups excluding carboxylic acids is 9.